The van der Waals surface area contributed by atoms with Gasteiger partial charge in [-0.15, -0.1) is 6.42 Å². The lowest BCUT2D eigenvalue weighted by Crippen LogP contribution is -2.34. The van der Waals surface area contributed by atoms with E-state index in [1.54, 1.807) is 6.92 Å². The first-order chi connectivity index (χ1) is 19.6. The standard InChI is InChI=1S/C18H21ClN4O3.C5H8N2OS.C3H6O3/c1-3-5-6-14(24)25-11-18(4-2)9-7-13(26-18)23-10-8-12-15(20)21-17(19)22-16(12)23;8-5-6-3-1-9-2-4(3)7-5;1-2-6-3(4)5/h2,8,10,13H,3,5-7,9,11H2,1H3,(H2,20,21,22);3-4H,1-2H2,(H2,6,7,8);2H2,1H3,(H,4,5)/t13-,18?;3-,4+;/m1../s1. The van der Waals surface area contributed by atoms with Gasteiger partial charge in [0.15, 0.2) is 5.60 Å². The number of anilines is 1. The number of nitrogens with zero attached hydrogens (tertiary/aromatic N) is 3. The summed E-state index contributed by atoms with van der Waals surface area (Å²) in [5.41, 5.74) is 5.53. The lowest BCUT2D eigenvalue weighted by atomic mass is 10.0. The topological polar surface area (TPSA) is 180 Å². The van der Waals surface area contributed by atoms with Gasteiger partial charge in [0.25, 0.3) is 0 Å². The molecule has 4 atom stereocenters. The number of thioether (sulfide) groups is 1. The molecule has 15 heteroatoms. The van der Waals surface area contributed by atoms with E-state index in [-0.39, 0.29) is 36.7 Å². The Balaban J connectivity index is 0.000000250. The van der Waals surface area contributed by atoms with Crippen LogP contribution in [0.3, 0.4) is 0 Å². The Kier molecular flexibility index (Phi) is 11.7. The number of nitrogens with two attached hydrogens (primary N) is 1. The maximum Gasteiger partial charge on any atom is 0.505 e. The molecule has 2 aromatic heterocycles. The third-order valence-corrected chi connectivity index (χ3v) is 7.84. The molecule has 0 aliphatic carbocycles. The normalized spacial score (nSPS) is 24.0. The Labute approximate surface area is 247 Å². The number of amides is 2. The van der Waals surface area contributed by atoms with Crippen molar-refractivity contribution in [1.29, 1.82) is 0 Å². The summed E-state index contributed by atoms with van der Waals surface area (Å²) in [5, 5.41) is 14.1. The van der Waals surface area contributed by atoms with Crippen molar-refractivity contribution in [2.45, 2.75) is 69.9 Å². The lowest BCUT2D eigenvalue weighted by molar-refractivity contribution is -0.152. The second-order valence-corrected chi connectivity index (χ2v) is 10.8. The first-order valence-electron chi connectivity index (χ1n) is 13.2. The average Bonchev–Trinajstić information content (AvgIpc) is 3.70. The number of carbonyl (C=O) groups excluding carboxylic acids is 2. The van der Waals surface area contributed by atoms with Crippen LogP contribution < -0.4 is 16.4 Å². The van der Waals surface area contributed by atoms with E-state index in [1.807, 2.05) is 35.5 Å². The lowest BCUT2D eigenvalue weighted by Gasteiger charge is -2.24. The number of nitrogen functional groups attached to an aromatic ring is 1. The minimum Gasteiger partial charge on any atom is -0.462 e. The fourth-order valence-corrected chi connectivity index (χ4v) is 5.82. The molecule has 3 fully saturated rings. The summed E-state index contributed by atoms with van der Waals surface area (Å²) in [5.74, 6) is 4.85. The maximum absolute atomic E-state index is 11.8. The van der Waals surface area contributed by atoms with E-state index < -0.39 is 11.8 Å². The number of fused-ring (bicyclic) bond motifs is 2. The van der Waals surface area contributed by atoms with Crippen molar-refractivity contribution in [2.75, 3.05) is 30.5 Å². The highest BCUT2D eigenvalue weighted by Crippen LogP contribution is 2.38. The zero-order valence-corrected chi connectivity index (χ0v) is 24.5. The van der Waals surface area contributed by atoms with Gasteiger partial charge in [-0.05, 0) is 43.9 Å². The van der Waals surface area contributed by atoms with Crippen LogP contribution in [0.15, 0.2) is 12.3 Å². The van der Waals surface area contributed by atoms with Crippen molar-refractivity contribution in [3.63, 3.8) is 0 Å². The molecule has 0 spiro atoms. The van der Waals surface area contributed by atoms with Crippen LogP contribution >= 0.6 is 23.4 Å². The van der Waals surface area contributed by atoms with E-state index in [9.17, 15) is 14.4 Å². The number of halogens is 1. The Morgan fingerprint density at radius 2 is 2.02 bits per heavy atom. The van der Waals surface area contributed by atoms with Crippen LogP contribution in [-0.4, -0.2) is 80.2 Å². The number of aromatic nitrogens is 3. The SMILES string of the molecule is C#CC1(COC(=O)CCCC)CC[C@H](n2ccc3c(N)nc(Cl)nc32)O1.CCOC(=O)O.O=C1N[C@H]2CSC[C@H]2N1. The number of esters is 1. The smallest absolute Gasteiger partial charge is 0.462 e. The van der Waals surface area contributed by atoms with Crippen LogP contribution in [0.4, 0.5) is 15.4 Å². The van der Waals surface area contributed by atoms with Crippen molar-refractivity contribution < 1.29 is 33.7 Å². The molecule has 224 valence electrons. The largest absolute Gasteiger partial charge is 0.505 e. The second-order valence-electron chi connectivity index (χ2n) is 9.42. The first-order valence-corrected chi connectivity index (χ1v) is 14.8. The highest BCUT2D eigenvalue weighted by atomic mass is 35.5. The van der Waals surface area contributed by atoms with Crippen LogP contribution in [0.1, 0.15) is 52.2 Å². The zero-order valence-electron chi connectivity index (χ0n) is 22.9. The molecule has 0 aromatic carbocycles. The van der Waals surface area contributed by atoms with Gasteiger partial charge in [-0.2, -0.15) is 16.7 Å². The van der Waals surface area contributed by atoms with Crippen molar-refractivity contribution in [2.24, 2.45) is 0 Å². The number of urea groups is 1. The quantitative estimate of drug-likeness (QED) is 0.156. The molecule has 0 bridgehead atoms. The van der Waals surface area contributed by atoms with Crippen LogP contribution in [0.2, 0.25) is 5.28 Å². The molecule has 3 aliphatic heterocycles. The van der Waals surface area contributed by atoms with Gasteiger partial charge in [-0.1, -0.05) is 19.3 Å². The molecule has 3 saturated heterocycles. The van der Waals surface area contributed by atoms with Gasteiger partial charge in [0.2, 0.25) is 5.28 Å². The maximum atomic E-state index is 11.8. The molecule has 0 saturated carbocycles. The van der Waals surface area contributed by atoms with Crippen LogP contribution in [-0.2, 0) is 19.0 Å². The number of nitrogens with one attached hydrogen (secondary N) is 2. The monoisotopic (exact) mass is 610 g/mol. The fraction of sp³-hybridized carbons (Fsp3) is 0.577. The molecule has 5 heterocycles. The van der Waals surface area contributed by atoms with Gasteiger partial charge < -0.3 is 40.3 Å². The van der Waals surface area contributed by atoms with E-state index in [0.717, 1.165) is 24.3 Å². The number of rotatable bonds is 7. The molecule has 13 nitrogen and oxygen atoms in total. The van der Waals surface area contributed by atoms with Crippen molar-refractivity contribution >= 4 is 58.4 Å². The minimum atomic E-state index is -1.21. The number of carboxylic acid groups (broad SMARTS) is 1. The molecule has 0 radical (unpaired) electrons. The van der Waals surface area contributed by atoms with Crippen LogP contribution in [0.25, 0.3) is 11.0 Å². The average molecular weight is 611 g/mol. The van der Waals surface area contributed by atoms with Gasteiger partial charge >= 0.3 is 18.2 Å². The Morgan fingerprint density at radius 3 is 2.61 bits per heavy atom. The van der Waals surface area contributed by atoms with E-state index in [0.29, 0.717) is 48.2 Å². The fourth-order valence-electron chi connectivity index (χ4n) is 4.38. The van der Waals surface area contributed by atoms with Gasteiger partial charge in [0.05, 0.1) is 24.1 Å². The summed E-state index contributed by atoms with van der Waals surface area (Å²) in [7, 11) is 0. The van der Waals surface area contributed by atoms with Gasteiger partial charge in [-0.3, -0.25) is 4.79 Å². The summed E-state index contributed by atoms with van der Waals surface area (Å²) in [6.07, 6.45) is 9.29. The summed E-state index contributed by atoms with van der Waals surface area (Å²) < 4.78 is 17.2. The Hall–Kier alpha value is -3.41. The first kappa shape index (κ1) is 32.1. The predicted molar refractivity (Wildman–Crippen MR) is 155 cm³/mol. The Bertz CT molecular complexity index is 1260. The van der Waals surface area contributed by atoms with E-state index >= 15 is 0 Å². The van der Waals surface area contributed by atoms with Crippen LogP contribution in [0.5, 0.6) is 0 Å². The molecule has 5 N–H and O–H groups in total. The van der Waals surface area contributed by atoms with Crippen LogP contribution in [0, 0.1) is 12.3 Å². The molecular weight excluding hydrogens is 576 g/mol. The molecule has 2 amide bonds. The summed E-state index contributed by atoms with van der Waals surface area (Å²) in [6, 6.07) is 2.63. The van der Waals surface area contributed by atoms with Gasteiger partial charge in [0, 0.05) is 24.1 Å². The molecular formula is C26H35ClN6O7S. The highest BCUT2D eigenvalue weighted by Gasteiger charge is 2.41. The number of ether oxygens (including phenoxy) is 3. The predicted octanol–water partition coefficient (Wildman–Crippen LogP) is 3.57. The Morgan fingerprint density at radius 1 is 1.32 bits per heavy atom. The molecule has 1 unspecified atom stereocenters. The van der Waals surface area contributed by atoms with Crippen molar-refractivity contribution in [1.82, 2.24) is 25.2 Å². The summed E-state index contributed by atoms with van der Waals surface area (Å²) >= 11 is 7.81. The van der Waals surface area contributed by atoms with E-state index in [1.165, 1.54) is 0 Å². The zero-order chi connectivity index (χ0) is 30.0. The van der Waals surface area contributed by atoms with Gasteiger partial charge in [-0.25, -0.2) is 14.6 Å². The number of hydrogen-bond donors (Lipinski definition) is 4. The second kappa shape index (κ2) is 15.0. The molecule has 41 heavy (non-hydrogen) atoms. The third-order valence-electron chi connectivity index (χ3n) is 6.49. The molecule has 3 aliphatic rings. The third kappa shape index (κ3) is 8.79. The molecule has 2 aromatic rings. The summed E-state index contributed by atoms with van der Waals surface area (Å²) in [4.78, 5) is 40.0. The molecule has 5 rings (SSSR count). The highest BCUT2D eigenvalue weighted by molar-refractivity contribution is 7.99. The van der Waals surface area contributed by atoms with Gasteiger partial charge in [0.1, 0.15) is 24.3 Å². The number of carbonyl (C=O) groups is 3. The number of terminal acetylenes is 1. The van der Waals surface area contributed by atoms with E-state index in [4.69, 9.17) is 38.3 Å². The number of unbranched alkanes of at least 4 members (excludes halogenated alkanes) is 1. The van der Waals surface area contributed by atoms with Crippen molar-refractivity contribution in [3.05, 3.63) is 17.5 Å². The van der Waals surface area contributed by atoms with E-state index in [2.05, 4.69) is 31.3 Å². The van der Waals surface area contributed by atoms with Crippen molar-refractivity contribution in [3.8, 4) is 12.3 Å². The minimum absolute atomic E-state index is 0.00491. The summed E-state index contributed by atoms with van der Waals surface area (Å²) in [6.45, 7) is 3.91. The number of hydrogen-bond acceptors (Lipinski definition) is 10.